The van der Waals surface area contributed by atoms with Crippen LogP contribution in [0.1, 0.15) is 24.8 Å². The van der Waals surface area contributed by atoms with Gasteiger partial charge < -0.3 is 5.32 Å². The van der Waals surface area contributed by atoms with Crippen molar-refractivity contribution in [2.24, 2.45) is 5.92 Å². The smallest absolute Gasteiger partial charge is 0.133 e. The molecule has 1 fully saturated rings. The van der Waals surface area contributed by atoms with E-state index in [2.05, 4.69) is 10.3 Å². The Morgan fingerprint density at radius 2 is 2.36 bits per heavy atom. The summed E-state index contributed by atoms with van der Waals surface area (Å²) < 4.78 is 0. The normalized spacial score (nSPS) is 15.8. The van der Waals surface area contributed by atoms with Crippen LogP contribution in [-0.2, 0) is 6.54 Å². The predicted octanol–water partition coefficient (Wildman–Crippen LogP) is 2.62. The summed E-state index contributed by atoms with van der Waals surface area (Å²) in [6.07, 6.45) is 5.87. The van der Waals surface area contributed by atoms with Crippen molar-refractivity contribution in [3.63, 3.8) is 0 Å². The molecule has 1 N–H and O–H groups in total. The highest BCUT2D eigenvalue weighted by atomic mass is 35.5. The van der Waals surface area contributed by atoms with Crippen molar-refractivity contribution in [2.45, 2.75) is 25.8 Å². The van der Waals surface area contributed by atoms with Gasteiger partial charge in [-0.3, -0.25) is 0 Å². The highest BCUT2D eigenvalue weighted by Crippen LogP contribution is 2.31. The van der Waals surface area contributed by atoms with Gasteiger partial charge in [-0.05, 0) is 24.9 Å². The van der Waals surface area contributed by atoms with Crippen LogP contribution in [0.3, 0.4) is 0 Å². The van der Waals surface area contributed by atoms with E-state index in [0.29, 0.717) is 5.15 Å². The van der Waals surface area contributed by atoms with E-state index in [4.69, 9.17) is 11.6 Å². The van der Waals surface area contributed by atoms with E-state index in [1.165, 1.54) is 19.3 Å². The molecule has 76 valence electrons. The number of rotatable bonds is 5. The summed E-state index contributed by atoms with van der Waals surface area (Å²) in [5.74, 6) is 0.992. The van der Waals surface area contributed by atoms with Gasteiger partial charge >= 0.3 is 0 Å². The van der Waals surface area contributed by atoms with E-state index in [9.17, 15) is 0 Å². The molecule has 0 aromatic carbocycles. The molecule has 0 bridgehead atoms. The molecule has 1 saturated carbocycles. The van der Waals surface area contributed by atoms with Gasteiger partial charge in [0.1, 0.15) is 5.15 Å². The minimum Gasteiger partial charge on any atom is -0.313 e. The fourth-order valence-corrected chi connectivity index (χ4v) is 1.67. The fraction of sp³-hybridized carbons (Fsp3) is 0.545. The van der Waals surface area contributed by atoms with Gasteiger partial charge in [0.05, 0.1) is 0 Å². The zero-order valence-electron chi connectivity index (χ0n) is 8.17. The standard InChI is InChI=1S/C11H15ClN2/c12-11-10(2-1-6-14-11)8-13-7-5-9-3-4-9/h1-2,6,9,13H,3-5,7-8H2. The largest absolute Gasteiger partial charge is 0.313 e. The lowest BCUT2D eigenvalue weighted by atomic mass is 10.2. The molecule has 2 rings (SSSR count). The van der Waals surface area contributed by atoms with Crippen molar-refractivity contribution in [2.75, 3.05) is 6.54 Å². The van der Waals surface area contributed by atoms with Gasteiger partial charge in [-0.1, -0.05) is 30.5 Å². The minimum atomic E-state index is 0.617. The summed E-state index contributed by atoms with van der Waals surface area (Å²) in [5.41, 5.74) is 1.09. The third-order valence-electron chi connectivity index (χ3n) is 2.58. The van der Waals surface area contributed by atoms with Gasteiger partial charge in [-0.2, -0.15) is 0 Å². The van der Waals surface area contributed by atoms with Crippen LogP contribution in [0.15, 0.2) is 18.3 Å². The molecule has 0 atom stereocenters. The van der Waals surface area contributed by atoms with E-state index in [1.54, 1.807) is 6.20 Å². The molecule has 1 aromatic heterocycles. The lowest BCUT2D eigenvalue weighted by molar-refractivity contribution is 0.612. The van der Waals surface area contributed by atoms with Crippen LogP contribution in [0.2, 0.25) is 5.15 Å². The summed E-state index contributed by atoms with van der Waals surface area (Å²) in [6.45, 7) is 1.93. The molecular weight excluding hydrogens is 196 g/mol. The molecular formula is C11H15ClN2. The fourth-order valence-electron chi connectivity index (χ4n) is 1.49. The molecule has 1 heterocycles. The van der Waals surface area contributed by atoms with Crippen molar-refractivity contribution in [3.05, 3.63) is 29.0 Å². The second-order valence-electron chi connectivity index (χ2n) is 3.86. The van der Waals surface area contributed by atoms with Gasteiger partial charge in [0.15, 0.2) is 0 Å². The Labute approximate surface area is 89.7 Å². The third kappa shape index (κ3) is 2.96. The number of hydrogen-bond acceptors (Lipinski definition) is 2. The molecule has 2 nitrogen and oxygen atoms in total. The first-order chi connectivity index (χ1) is 6.86. The van der Waals surface area contributed by atoms with E-state index in [1.807, 2.05) is 12.1 Å². The van der Waals surface area contributed by atoms with Crippen molar-refractivity contribution >= 4 is 11.6 Å². The molecule has 14 heavy (non-hydrogen) atoms. The lowest BCUT2D eigenvalue weighted by Gasteiger charge is -2.04. The van der Waals surface area contributed by atoms with Crippen LogP contribution in [0, 0.1) is 5.92 Å². The molecule has 0 radical (unpaired) electrons. The second kappa shape index (κ2) is 4.76. The van der Waals surface area contributed by atoms with Gasteiger partial charge in [0.2, 0.25) is 0 Å². The van der Waals surface area contributed by atoms with Crippen molar-refractivity contribution in [3.8, 4) is 0 Å². The zero-order valence-corrected chi connectivity index (χ0v) is 8.93. The Kier molecular flexibility index (Phi) is 3.38. The van der Waals surface area contributed by atoms with Gasteiger partial charge in [0, 0.05) is 18.3 Å². The molecule has 0 spiro atoms. The summed E-state index contributed by atoms with van der Waals surface area (Å²) in [7, 11) is 0. The average Bonchev–Trinajstić information content (AvgIpc) is 2.99. The van der Waals surface area contributed by atoms with Crippen LogP contribution in [0.5, 0.6) is 0 Å². The molecule has 1 aliphatic carbocycles. The average molecular weight is 211 g/mol. The van der Waals surface area contributed by atoms with Crippen molar-refractivity contribution in [1.29, 1.82) is 0 Å². The number of nitrogens with one attached hydrogen (secondary N) is 1. The molecule has 0 amide bonds. The van der Waals surface area contributed by atoms with Crippen LogP contribution in [-0.4, -0.2) is 11.5 Å². The van der Waals surface area contributed by atoms with Crippen LogP contribution < -0.4 is 5.32 Å². The number of halogens is 1. The maximum absolute atomic E-state index is 5.93. The molecule has 1 aliphatic rings. The molecule has 0 unspecified atom stereocenters. The molecule has 1 aromatic rings. The topological polar surface area (TPSA) is 24.9 Å². The molecule has 0 saturated heterocycles. The Balaban J connectivity index is 1.71. The number of aromatic nitrogens is 1. The maximum Gasteiger partial charge on any atom is 0.133 e. The lowest BCUT2D eigenvalue weighted by Crippen LogP contribution is -2.15. The van der Waals surface area contributed by atoms with E-state index in [-0.39, 0.29) is 0 Å². The maximum atomic E-state index is 5.93. The van der Waals surface area contributed by atoms with E-state index >= 15 is 0 Å². The number of nitrogens with zero attached hydrogens (tertiary/aromatic N) is 1. The quantitative estimate of drug-likeness (QED) is 0.597. The predicted molar refractivity (Wildman–Crippen MR) is 58.3 cm³/mol. The zero-order chi connectivity index (χ0) is 9.80. The van der Waals surface area contributed by atoms with E-state index < -0.39 is 0 Å². The van der Waals surface area contributed by atoms with Crippen LogP contribution in [0.25, 0.3) is 0 Å². The second-order valence-corrected chi connectivity index (χ2v) is 4.22. The Morgan fingerprint density at radius 1 is 1.50 bits per heavy atom. The van der Waals surface area contributed by atoms with Gasteiger partial charge in [-0.15, -0.1) is 0 Å². The Bertz CT molecular complexity index is 297. The van der Waals surface area contributed by atoms with Crippen LogP contribution in [0.4, 0.5) is 0 Å². The summed E-state index contributed by atoms with van der Waals surface area (Å²) >= 11 is 5.93. The first-order valence-corrected chi connectivity index (χ1v) is 5.54. The van der Waals surface area contributed by atoms with Crippen LogP contribution >= 0.6 is 11.6 Å². The first kappa shape index (κ1) is 9.94. The van der Waals surface area contributed by atoms with Crippen molar-refractivity contribution < 1.29 is 0 Å². The highest BCUT2D eigenvalue weighted by Gasteiger charge is 2.19. The number of pyridine rings is 1. The van der Waals surface area contributed by atoms with Gasteiger partial charge in [0.25, 0.3) is 0 Å². The SMILES string of the molecule is Clc1ncccc1CNCCC1CC1. The minimum absolute atomic E-state index is 0.617. The highest BCUT2D eigenvalue weighted by molar-refractivity contribution is 6.30. The van der Waals surface area contributed by atoms with E-state index in [0.717, 1.165) is 24.6 Å². The Morgan fingerprint density at radius 3 is 3.07 bits per heavy atom. The summed E-state index contributed by atoms with van der Waals surface area (Å²) in [5, 5.41) is 4.01. The summed E-state index contributed by atoms with van der Waals surface area (Å²) in [4.78, 5) is 4.03. The first-order valence-electron chi connectivity index (χ1n) is 5.16. The Hall–Kier alpha value is -0.600. The summed E-state index contributed by atoms with van der Waals surface area (Å²) in [6, 6.07) is 3.93. The monoisotopic (exact) mass is 210 g/mol. The molecule has 3 heteroatoms. The van der Waals surface area contributed by atoms with Gasteiger partial charge in [-0.25, -0.2) is 4.98 Å². The molecule has 0 aliphatic heterocycles. The van der Waals surface area contributed by atoms with Crippen molar-refractivity contribution in [1.82, 2.24) is 10.3 Å². The number of hydrogen-bond donors (Lipinski definition) is 1. The third-order valence-corrected chi connectivity index (χ3v) is 2.92.